The van der Waals surface area contributed by atoms with Crippen molar-refractivity contribution in [3.05, 3.63) is 312 Å². The molecule has 6 amide bonds. The molecule has 8 N–H and O–H groups in total. The predicted octanol–water partition coefficient (Wildman–Crippen LogP) is 21.8. The van der Waals surface area contributed by atoms with Gasteiger partial charge in [-0.2, -0.15) is 0 Å². The maximum atomic E-state index is 14.0. The summed E-state index contributed by atoms with van der Waals surface area (Å²) in [6.45, 7) is 11.5. The summed E-state index contributed by atoms with van der Waals surface area (Å²) in [7, 11) is 0. The van der Waals surface area contributed by atoms with Gasteiger partial charge in [0.15, 0.2) is 0 Å². The van der Waals surface area contributed by atoms with Crippen molar-refractivity contribution in [1.29, 1.82) is 0 Å². The Morgan fingerprint density at radius 1 is 0.321 bits per heavy atom. The number of anilines is 8. The zero-order valence-electron chi connectivity index (χ0n) is 75.1. The van der Waals surface area contributed by atoms with Gasteiger partial charge >= 0.3 is 29.9 Å². The minimum absolute atomic E-state index is 0.124. The van der Waals surface area contributed by atoms with E-state index in [4.69, 9.17) is 18.9 Å². The van der Waals surface area contributed by atoms with Crippen LogP contribution in [-0.4, -0.2) is 127 Å². The number of amides is 6. The lowest BCUT2D eigenvalue weighted by molar-refractivity contribution is -0.139. The maximum absolute atomic E-state index is 14.0. The number of rotatable bonds is 30. The first kappa shape index (κ1) is 88.5. The fourth-order valence-corrected chi connectivity index (χ4v) is 18.6. The molecule has 0 aliphatic carbocycles. The molecule has 2 saturated heterocycles. The van der Waals surface area contributed by atoms with Crippen LogP contribution >= 0.6 is 0 Å². The number of likely N-dealkylation sites (tertiary alicyclic amines) is 2. The number of nitrogens with zero attached hydrogens (tertiary/aromatic N) is 2. The minimum atomic E-state index is -1.05. The van der Waals surface area contributed by atoms with E-state index >= 15 is 0 Å². The Bertz CT molecular complexity index is 6740. The van der Waals surface area contributed by atoms with Crippen LogP contribution in [0.3, 0.4) is 0 Å². The third kappa shape index (κ3) is 18.4. The van der Waals surface area contributed by atoms with E-state index in [1.54, 1.807) is 52.0 Å². The molecule has 0 saturated carbocycles. The molecule has 18 rings (SSSR count). The smallest absolute Gasteiger partial charge is 0.340 e. The van der Waals surface area contributed by atoms with Crippen LogP contribution in [0.25, 0.3) is 109 Å². The van der Waals surface area contributed by atoms with E-state index in [-0.39, 0.29) is 73.6 Å². The minimum Gasteiger partial charge on any atom is -0.462 e. The quantitative estimate of drug-likeness (QED) is 0.0118. The van der Waals surface area contributed by atoms with E-state index in [1.807, 2.05) is 146 Å². The van der Waals surface area contributed by atoms with E-state index in [0.29, 0.717) is 84.3 Å². The summed E-state index contributed by atoms with van der Waals surface area (Å²) in [4.78, 5) is 127. The highest BCUT2D eigenvalue weighted by atomic mass is 16.5. The number of esters is 4. The van der Waals surface area contributed by atoms with Crippen molar-refractivity contribution >= 4 is 164 Å². The van der Waals surface area contributed by atoms with Crippen molar-refractivity contribution < 1.29 is 62.1 Å². The lowest BCUT2D eigenvalue weighted by atomic mass is 9.90. The fraction of sp³-hybridized carbons (Fsp3) is 0.198. The van der Waals surface area contributed by atoms with Crippen LogP contribution in [0, 0.1) is 0 Å². The van der Waals surface area contributed by atoms with E-state index in [0.717, 1.165) is 66.4 Å². The molecule has 672 valence electrons. The number of ether oxygens (including phenoxy) is 4. The van der Waals surface area contributed by atoms with Gasteiger partial charge in [0, 0.05) is 48.9 Å². The molecule has 23 heteroatoms. The van der Waals surface area contributed by atoms with Crippen molar-refractivity contribution in [3.63, 3.8) is 0 Å². The zero-order valence-corrected chi connectivity index (χ0v) is 75.1. The summed E-state index contributed by atoms with van der Waals surface area (Å²) in [6.07, 6.45) is 2.00. The first-order valence-electron chi connectivity index (χ1n) is 45.5. The van der Waals surface area contributed by atoms with Gasteiger partial charge in [0.1, 0.15) is 24.2 Å². The second-order valence-electron chi connectivity index (χ2n) is 33.8. The highest BCUT2D eigenvalue weighted by Gasteiger charge is 2.39. The number of urea groups is 1. The molecule has 2 heterocycles. The second-order valence-corrected chi connectivity index (χ2v) is 33.8. The van der Waals surface area contributed by atoms with Gasteiger partial charge in [0.05, 0.1) is 71.4 Å². The van der Waals surface area contributed by atoms with Crippen LogP contribution < -0.4 is 42.5 Å². The molecule has 16 aromatic carbocycles. The Kier molecular flexibility index (Phi) is 25.7. The van der Waals surface area contributed by atoms with Crippen LogP contribution in [0.15, 0.2) is 279 Å². The largest absolute Gasteiger partial charge is 0.462 e. The summed E-state index contributed by atoms with van der Waals surface area (Å²) in [5.41, 5.74) is 14.3. The molecule has 2 aliphatic heterocycles. The van der Waals surface area contributed by atoms with Gasteiger partial charge in [-0.1, -0.05) is 206 Å². The van der Waals surface area contributed by atoms with Crippen molar-refractivity contribution in [2.75, 3.05) is 60.8 Å². The van der Waals surface area contributed by atoms with Crippen molar-refractivity contribution in [1.82, 2.24) is 31.1 Å². The molecular weight excluding hydrogens is 1680 g/mol. The van der Waals surface area contributed by atoms with Crippen LogP contribution in [0.4, 0.5) is 50.3 Å². The van der Waals surface area contributed by atoms with Gasteiger partial charge in [-0.25, -0.2) is 24.0 Å². The third-order valence-electron chi connectivity index (χ3n) is 25.3. The monoisotopic (exact) mass is 1780 g/mol. The van der Waals surface area contributed by atoms with Crippen molar-refractivity contribution in [2.45, 2.75) is 104 Å². The van der Waals surface area contributed by atoms with Gasteiger partial charge in [0.2, 0.25) is 23.6 Å². The molecule has 23 nitrogen and oxygen atoms in total. The number of nitrogens with one attached hydrogen (secondary N) is 8. The molecule has 134 heavy (non-hydrogen) atoms. The normalized spacial score (nSPS) is 14.1. The third-order valence-corrected chi connectivity index (χ3v) is 25.3. The Morgan fingerprint density at radius 3 is 0.888 bits per heavy atom. The summed E-state index contributed by atoms with van der Waals surface area (Å²) in [6, 6.07) is 87.3. The average molecular weight is 1780 g/mol. The second kappa shape index (κ2) is 38.9. The molecule has 16 aromatic rings. The van der Waals surface area contributed by atoms with E-state index in [9.17, 15) is 43.2 Å². The molecule has 0 aromatic heterocycles. The first-order chi connectivity index (χ1) is 65.2. The van der Waals surface area contributed by atoms with E-state index in [2.05, 4.69) is 152 Å². The van der Waals surface area contributed by atoms with Crippen LogP contribution in [0.5, 0.6) is 0 Å². The molecule has 0 unspecified atom stereocenters. The molecule has 2 fully saturated rings. The Hall–Kier alpha value is -16.2. The van der Waals surface area contributed by atoms with Crippen LogP contribution in [-0.2, 0) is 51.2 Å². The Labute approximate surface area is 774 Å². The molecule has 0 bridgehead atoms. The van der Waals surface area contributed by atoms with Gasteiger partial charge in [0.25, 0.3) is 0 Å². The predicted molar refractivity (Wildman–Crippen MR) is 529 cm³/mol. The van der Waals surface area contributed by atoms with Gasteiger partial charge < -0.3 is 71.3 Å². The molecular formula is C111H100N10O13. The molecule has 0 spiro atoms. The Morgan fingerprint density at radius 2 is 0.590 bits per heavy atom. The lowest BCUT2D eigenvalue weighted by Crippen LogP contribution is -2.57. The summed E-state index contributed by atoms with van der Waals surface area (Å²) < 4.78 is 22.3. The van der Waals surface area contributed by atoms with Crippen molar-refractivity contribution in [3.8, 4) is 44.5 Å². The number of hydrogen-bond acceptors (Lipinski definition) is 17. The summed E-state index contributed by atoms with van der Waals surface area (Å²) in [5.74, 6) is -3.91. The Balaban J connectivity index is 0.446. The topological polar surface area (TPSA) is 293 Å². The van der Waals surface area contributed by atoms with Gasteiger partial charge in [-0.3, -0.25) is 19.2 Å². The molecule has 2 aliphatic rings. The van der Waals surface area contributed by atoms with E-state index in [1.165, 1.54) is 77.5 Å². The summed E-state index contributed by atoms with van der Waals surface area (Å²) in [5, 5.41) is 39.2. The van der Waals surface area contributed by atoms with Gasteiger partial charge in [-0.05, 0) is 260 Å². The number of carbonyl (C=O) groups is 9. The highest BCUT2D eigenvalue weighted by molar-refractivity contribution is 6.27. The van der Waals surface area contributed by atoms with Crippen LogP contribution in [0.2, 0.25) is 0 Å². The summed E-state index contributed by atoms with van der Waals surface area (Å²) >= 11 is 0. The number of carbonyl (C=O) groups excluding carboxylic acids is 9. The van der Waals surface area contributed by atoms with Gasteiger partial charge in [-0.15, -0.1) is 0 Å². The first-order valence-corrected chi connectivity index (χ1v) is 45.5. The average Bonchev–Trinajstić information content (AvgIpc) is 1.15. The molecule has 4 atom stereocenters. The molecule has 0 radical (unpaired) electrons. The standard InChI is InChI=1S/C111H100N10O13/c1-7-131-107(126)89-61-95(118-83-49-37-73(38-50-83)85-53-41-79-31-29-75-15-11-17-77-43-55-87(85)101(79)99(75)77)91(109(128)133-9-3)59-93(89)116-81-45-33-71(34-46-81)69-25-21-67(22-26-69)63-112-103(122)97-19-13-57-120(97)105(124)65(5)114-111(130)115-66(6)106(125)121-58-14-20-98(121)104(123)113-64-68-23-27-70(28-24-68)72-35-47-82(48-36-72)117-94-60-92(110(129)134-10-4)96(62-90(94)108(127)132-8-2)119-84-51-39-74(40-52-84)86-54-42-80-32-30-76-16-12-18-78-44-56-88(86)102(80)100(76)78/h11-12,15-18,21-56,59-62,65-66,97-98,116-119H,7-10,13-14,19-20,57-58,63-64H2,1-6H3,(H,112,122)(H,113,123)(H2,114,115,130)/t65-,66-,97-,98-/m0/s1. The van der Waals surface area contributed by atoms with E-state index < -0.39 is 65.9 Å². The zero-order chi connectivity index (χ0) is 92.8. The van der Waals surface area contributed by atoms with Crippen molar-refractivity contribution in [2.24, 2.45) is 0 Å². The lowest BCUT2D eigenvalue weighted by Gasteiger charge is -2.29. The SMILES string of the molecule is CCOC(=O)c1cc(Nc2ccc(-c3ccc4ccc5cccc6ccc3c4c56)cc2)c(C(=O)OCC)cc1Nc1ccc(-c2ccc(CNC(=O)[C@@H]3CCCN3C(=O)[C@H](C)NC(=O)N[C@@H](C)C(=O)N3CCC[C@H]3C(=O)NCc3ccc(-c4ccc(Nc5cc(C(=O)OCC)c(Nc6ccc(-c7ccc8ccc9cccc%10ccc7c8c9%10)cc6)cc5C(=O)OCC)cc4)cc3)cc2)cc1. The number of hydrogen-bond donors (Lipinski definition) is 8. The van der Waals surface area contributed by atoms with Crippen LogP contribution in [0.1, 0.15) is 120 Å². The number of benzene rings is 16. The fourth-order valence-electron chi connectivity index (χ4n) is 18.6. The highest BCUT2D eigenvalue weighted by Crippen LogP contribution is 2.44. The maximum Gasteiger partial charge on any atom is 0.340 e.